The maximum atomic E-state index is 13.5. The second kappa shape index (κ2) is 7.70. The SMILES string of the molecule is CC1CCC2(CC1)OCC(C(=O)N1CCN(C)CC1)N2C(=O)C1CCCC1. The Kier molecular flexibility index (Phi) is 5.48. The van der Waals surface area contributed by atoms with Gasteiger partial charge in [-0.3, -0.25) is 14.5 Å². The third-order valence-electron chi connectivity index (χ3n) is 7.36. The van der Waals surface area contributed by atoms with Gasteiger partial charge in [-0.2, -0.15) is 0 Å². The van der Waals surface area contributed by atoms with E-state index in [1.165, 1.54) is 0 Å². The predicted molar refractivity (Wildman–Crippen MR) is 103 cm³/mol. The van der Waals surface area contributed by atoms with Crippen molar-refractivity contribution >= 4 is 11.8 Å². The van der Waals surface area contributed by atoms with Gasteiger partial charge in [0.05, 0.1) is 6.61 Å². The van der Waals surface area contributed by atoms with Crippen LogP contribution in [0.2, 0.25) is 0 Å². The van der Waals surface area contributed by atoms with E-state index in [9.17, 15) is 9.59 Å². The lowest BCUT2D eigenvalue weighted by Gasteiger charge is -2.44. The molecule has 1 spiro atoms. The third kappa shape index (κ3) is 3.63. The monoisotopic (exact) mass is 377 g/mol. The smallest absolute Gasteiger partial charge is 0.247 e. The predicted octanol–water partition coefficient (Wildman–Crippen LogP) is 2.08. The van der Waals surface area contributed by atoms with Crippen molar-refractivity contribution in [2.45, 2.75) is 70.1 Å². The molecule has 2 saturated carbocycles. The molecule has 4 fully saturated rings. The first-order valence-corrected chi connectivity index (χ1v) is 10.9. The highest BCUT2D eigenvalue weighted by atomic mass is 16.5. The molecule has 0 aromatic carbocycles. The Morgan fingerprint density at radius 3 is 2.19 bits per heavy atom. The molecule has 2 saturated heterocycles. The van der Waals surface area contributed by atoms with Gasteiger partial charge >= 0.3 is 0 Å². The molecule has 0 N–H and O–H groups in total. The number of piperazine rings is 1. The molecular formula is C21H35N3O3. The van der Waals surface area contributed by atoms with Gasteiger partial charge in [0.25, 0.3) is 0 Å². The number of amides is 2. The zero-order valence-corrected chi connectivity index (χ0v) is 17.0. The minimum Gasteiger partial charge on any atom is -0.353 e. The lowest BCUT2D eigenvalue weighted by Crippen LogP contribution is -2.60. The summed E-state index contributed by atoms with van der Waals surface area (Å²) in [5, 5.41) is 0. The molecule has 4 rings (SSSR count). The van der Waals surface area contributed by atoms with Crippen LogP contribution in [0.15, 0.2) is 0 Å². The first-order valence-electron chi connectivity index (χ1n) is 10.9. The summed E-state index contributed by atoms with van der Waals surface area (Å²) in [6.45, 7) is 5.95. The van der Waals surface area contributed by atoms with Crippen LogP contribution in [0.1, 0.15) is 58.3 Å². The molecule has 2 amide bonds. The summed E-state index contributed by atoms with van der Waals surface area (Å²) in [7, 11) is 2.09. The van der Waals surface area contributed by atoms with Crippen LogP contribution in [-0.2, 0) is 14.3 Å². The molecular weight excluding hydrogens is 342 g/mol. The number of hydrogen-bond acceptors (Lipinski definition) is 4. The summed E-state index contributed by atoms with van der Waals surface area (Å²) in [6.07, 6.45) is 8.10. The summed E-state index contributed by atoms with van der Waals surface area (Å²) >= 11 is 0. The Morgan fingerprint density at radius 1 is 0.926 bits per heavy atom. The Balaban J connectivity index is 1.56. The summed E-state index contributed by atoms with van der Waals surface area (Å²) in [6, 6.07) is -0.421. The highest BCUT2D eigenvalue weighted by Gasteiger charge is 2.55. The molecule has 27 heavy (non-hydrogen) atoms. The van der Waals surface area contributed by atoms with E-state index in [1.54, 1.807) is 0 Å². The normalized spacial score (nSPS) is 35.9. The third-order valence-corrected chi connectivity index (χ3v) is 7.36. The highest BCUT2D eigenvalue weighted by Crippen LogP contribution is 2.44. The molecule has 0 aromatic rings. The van der Waals surface area contributed by atoms with Crippen molar-refractivity contribution < 1.29 is 14.3 Å². The first-order chi connectivity index (χ1) is 13.0. The van der Waals surface area contributed by atoms with Crippen LogP contribution in [-0.4, -0.2) is 78.1 Å². The van der Waals surface area contributed by atoms with Gasteiger partial charge in [0, 0.05) is 32.1 Å². The van der Waals surface area contributed by atoms with E-state index < -0.39 is 11.8 Å². The quantitative estimate of drug-likeness (QED) is 0.739. The molecule has 2 aliphatic carbocycles. The number of ether oxygens (including phenoxy) is 1. The molecule has 1 unspecified atom stereocenters. The number of nitrogens with zero attached hydrogens (tertiary/aromatic N) is 3. The molecule has 6 nitrogen and oxygen atoms in total. The van der Waals surface area contributed by atoms with Crippen LogP contribution in [0.5, 0.6) is 0 Å². The van der Waals surface area contributed by atoms with E-state index in [4.69, 9.17) is 4.74 Å². The molecule has 0 aromatic heterocycles. The van der Waals surface area contributed by atoms with Crippen LogP contribution in [0.25, 0.3) is 0 Å². The van der Waals surface area contributed by atoms with Crippen LogP contribution < -0.4 is 0 Å². The van der Waals surface area contributed by atoms with Gasteiger partial charge in [-0.05, 0) is 51.5 Å². The van der Waals surface area contributed by atoms with E-state index >= 15 is 0 Å². The van der Waals surface area contributed by atoms with E-state index in [0.29, 0.717) is 12.5 Å². The van der Waals surface area contributed by atoms with Crippen molar-refractivity contribution in [1.29, 1.82) is 0 Å². The fraction of sp³-hybridized carbons (Fsp3) is 0.905. The fourth-order valence-electron chi connectivity index (χ4n) is 5.40. The second-order valence-corrected chi connectivity index (χ2v) is 9.27. The van der Waals surface area contributed by atoms with Crippen molar-refractivity contribution in [2.75, 3.05) is 39.8 Å². The van der Waals surface area contributed by atoms with Gasteiger partial charge in [0.2, 0.25) is 11.8 Å². The van der Waals surface area contributed by atoms with E-state index in [-0.39, 0.29) is 17.7 Å². The minimum atomic E-state index is -0.529. The van der Waals surface area contributed by atoms with Crippen molar-refractivity contribution in [3.8, 4) is 0 Å². The van der Waals surface area contributed by atoms with Gasteiger partial charge in [-0.25, -0.2) is 0 Å². The zero-order chi connectivity index (χ0) is 19.0. The van der Waals surface area contributed by atoms with Gasteiger partial charge in [0.1, 0.15) is 11.8 Å². The molecule has 0 radical (unpaired) electrons. The molecule has 4 aliphatic rings. The van der Waals surface area contributed by atoms with Crippen molar-refractivity contribution in [3.63, 3.8) is 0 Å². The molecule has 2 aliphatic heterocycles. The van der Waals surface area contributed by atoms with Crippen molar-refractivity contribution in [2.24, 2.45) is 11.8 Å². The molecule has 0 bridgehead atoms. The summed E-state index contributed by atoms with van der Waals surface area (Å²) in [5.41, 5.74) is -0.529. The first kappa shape index (κ1) is 19.2. The van der Waals surface area contributed by atoms with E-state index in [2.05, 4.69) is 18.9 Å². The largest absolute Gasteiger partial charge is 0.353 e. The Hall–Kier alpha value is -1.14. The lowest BCUT2D eigenvalue weighted by molar-refractivity contribution is -0.167. The van der Waals surface area contributed by atoms with Gasteiger partial charge in [0.15, 0.2) is 0 Å². The number of carbonyl (C=O) groups is 2. The molecule has 2 heterocycles. The summed E-state index contributed by atoms with van der Waals surface area (Å²) in [4.78, 5) is 33.0. The average Bonchev–Trinajstić information content (AvgIpc) is 3.33. The van der Waals surface area contributed by atoms with Gasteiger partial charge in [-0.1, -0.05) is 19.8 Å². The van der Waals surface area contributed by atoms with Gasteiger partial charge in [-0.15, -0.1) is 0 Å². The number of likely N-dealkylation sites (N-methyl/N-ethyl adjacent to an activating group) is 1. The molecule has 152 valence electrons. The number of rotatable bonds is 2. The molecule has 6 heteroatoms. The lowest BCUT2D eigenvalue weighted by atomic mass is 9.83. The summed E-state index contributed by atoms with van der Waals surface area (Å²) < 4.78 is 6.32. The minimum absolute atomic E-state index is 0.0886. The second-order valence-electron chi connectivity index (χ2n) is 9.27. The average molecular weight is 378 g/mol. The summed E-state index contributed by atoms with van der Waals surface area (Å²) in [5.74, 6) is 1.05. The Morgan fingerprint density at radius 2 is 1.56 bits per heavy atom. The van der Waals surface area contributed by atoms with Gasteiger partial charge < -0.3 is 14.5 Å². The van der Waals surface area contributed by atoms with E-state index in [0.717, 1.165) is 77.5 Å². The highest BCUT2D eigenvalue weighted by molar-refractivity contribution is 5.90. The topological polar surface area (TPSA) is 53.1 Å². The van der Waals surface area contributed by atoms with Crippen LogP contribution in [0.3, 0.4) is 0 Å². The number of carbonyl (C=O) groups excluding carboxylic acids is 2. The molecule has 1 atom stereocenters. The Bertz CT molecular complexity index is 559. The Labute approximate surface area is 163 Å². The zero-order valence-electron chi connectivity index (χ0n) is 17.0. The standard InChI is InChI=1S/C21H35N3O3/c1-16-7-9-21(10-8-16)24(19(25)17-5-3-4-6-17)18(15-27-21)20(26)23-13-11-22(2)12-14-23/h16-18H,3-15H2,1-2H3. The maximum absolute atomic E-state index is 13.5. The fourth-order valence-corrected chi connectivity index (χ4v) is 5.40. The number of hydrogen-bond donors (Lipinski definition) is 0. The van der Waals surface area contributed by atoms with Crippen LogP contribution in [0, 0.1) is 11.8 Å². The van der Waals surface area contributed by atoms with Crippen LogP contribution >= 0.6 is 0 Å². The maximum Gasteiger partial charge on any atom is 0.247 e. The van der Waals surface area contributed by atoms with E-state index in [1.807, 2.05) is 9.80 Å². The van der Waals surface area contributed by atoms with Crippen LogP contribution in [0.4, 0.5) is 0 Å². The van der Waals surface area contributed by atoms with Crippen molar-refractivity contribution in [3.05, 3.63) is 0 Å². The van der Waals surface area contributed by atoms with Crippen molar-refractivity contribution in [1.82, 2.24) is 14.7 Å².